The van der Waals surface area contributed by atoms with Crippen LogP contribution in [0.15, 0.2) is 24.3 Å². The zero-order valence-electron chi connectivity index (χ0n) is 6.44. The molecule has 66 valence electrons. The molecule has 0 N–H and O–H groups in total. The molecule has 0 saturated carbocycles. The summed E-state index contributed by atoms with van der Waals surface area (Å²) < 4.78 is 4.79. The van der Waals surface area contributed by atoms with E-state index in [-0.39, 0.29) is 18.0 Å². The first-order valence-corrected chi connectivity index (χ1v) is 3.10. The van der Waals surface area contributed by atoms with E-state index in [4.69, 9.17) is 4.74 Å². The highest BCUT2D eigenvalue weighted by Crippen LogP contribution is 2.15. The number of carbonyl (C=O) groups is 1. The Labute approximate surface area is 76.4 Å². The third-order valence-corrected chi connectivity index (χ3v) is 1.33. The topological polar surface area (TPSA) is 49.4 Å². The van der Waals surface area contributed by atoms with Gasteiger partial charge in [-0.3, -0.25) is 0 Å². The Hall–Kier alpha value is -1.22. The first-order valence-electron chi connectivity index (χ1n) is 3.10. The van der Waals surface area contributed by atoms with E-state index >= 15 is 0 Å². The van der Waals surface area contributed by atoms with Crippen molar-refractivity contribution in [1.29, 1.82) is 0 Å². The second kappa shape index (κ2) is 4.62. The molecule has 0 amide bonds. The van der Waals surface area contributed by atoms with Crippen molar-refractivity contribution in [3.8, 4) is 5.75 Å². The highest BCUT2D eigenvalue weighted by Gasteiger charge is 1.99. The SMILES string of the molecule is COc1ccccc1C(=O)[O-].Cl. The molecule has 0 atom stereocenters. The molecule has 0 spiro atoms. The van der Waals surface area contributed by atoms with Crippen LogP contribution in [-0.4, -0.2) is 13.1 Å². The van der Waals surface area contributed by atoms with Crippen molar-refractivity contribution in [2.45, 2.75) is 0 Å². The normalized spacial score (nSPS) is 8.42. The van der Waals surface area contributed by atoms with Gasteiger partial charge >= 0.3 is 0 Å². The standard InChI is InChI=1S/C8H8O3.ClH/c1-11-7-5-3-2-4-6(7)8(9)10;/h2-5H,1H3,(H,9,10);1H/p-1. The lowest BCUT2D eigenvalue weighted by Crippen LogP contribution is -2.22. The zero-order chi connectivity index (χ0) is 8.27. The minimum Gasteiger partial charge on any atom is -0.545 e. The summed E-state index contributed by atoms with van der Waals surface area (Å²) in [5.74, 6) is -0.894. The molecule has 0 aliphatic heterocycles. The van der Waals surface area contributed by atoms with Crippen LogP contribution < -0.4 is 9.84 Å². The fraction of sp³-hybridized carbons (Fsp3) is 0.125. The number of carboxylic acids is 1. The Morgan fingerprint density at radius 2 is 2.00 bits per heavy atom. The predicted octanol–water partition coefficient (Wildman–Crippen LogP) is 0.480. The Morgan fingerprint density at radius 3 is 2.42 bits per heavy atom. The number of para-hydroxylation sites is 1. The van der Waals surface area contributed by atoms with E-state index in [1.807, 2.05) is 0 Å². The van der Waals surface area contributed by atoms with E-state index in [2.05, 4.69) is 0 Å². The molecule has 0 bridgehead atoms. The molecule has 1 rings (SSSR count). The van der Waals surface area contributed by atoms with Gasteiger partial charge in [0.25, 0.3) is 0 Å². The number of methoxy groups -OCH3 is 1. The molecule has 0 aromatic heterocycles. The van der Waals surface area contributed by atoms with Gasteiger partial charge in [-0.05, 0) is 12.1 Å². The second-order valence-corrected chi connectivity index (χ2v) is 1.99. The molecule has 0 heterocycles. The highest BCUT2D eigenvalue weighted by atomic mass is 35.5. The smallest absolute Gasteiger partial charge is 0.127 e. The minimum absolute atomic E-state index is 0. The monoisotopic (exact) mass is 187 g/mol. The summed E-state index contributed by atoms with van der Waals surface area (Å²) in [4.78, 5) is 10.4. The van der Waals surface area contributed by atoms with Crippen LogP contribution in [0.2, 0.25) is 0 Å². The third kappa shape index (κ3) is 2.13. The number of carbonyl (C=O) groups excluding carboxylic acids is 1. The van der Waals surface area contributed by atoms with Gasteiger partial charge < -0.3 is 14.6 Å². The highest BCUT2D eigenvalue weighted by molar-refractivity contribution is 5.89. The van der Waals surface area contributed by atoms with E-state index < -0.39 is 5.97 Å². The average molecular weight is 188 g/mol. The van der Waals surface area contributed by atoms with E-state index in [0.717, 1.165) is 0 Å². The second-order valence-electron chi connectivity index (χ2n) is 1.99. The Balaban J connectivity index is 0.00000121. The molecule has 12 heavy (non-hydrogen) atoms. The molecular weight excluding hydrogens is 180 g/mol. The lowest BCUT2D eigenvalue weighted by Gasteiger charge is -2.07. The van der Waals surface area contributed by atoms with Gasteiger partial charge in [-0.2, -0.15) is 0 Å². The van der Waals surface area contributed by atoms with Crippen molar-refractivity contribution >= 4 is 18.4 Å². The maximum absolute atomic E-state index is 10.4. The van der Waals surface area contributed by atoms with Crippen LogP contribution in [0.25, 0.3) is 0 Å². The summed E-state index contributed by atoms with van der Waals surface area (Å²) >= 11 is 0. The molecule has 1 aromatic carbocycles. The number of aromatic carboxylic acids is 1. The van der Waals surface area contributed by atoms with Crippen LogP contribution in [0.4, 0.5) is 0 Å². The predicted molar refractivity (Wildman–Crippen MR) is 44.6 cm³/mol. The summed E-state index contributed by atoms with van der Waals surface area (Å²) in [6, 6.07) is 6.33. The number of halogens is 1. The molecule has 1 aromatic rings. The Morgan fingerprint density at radius 1 is 1.42 bits per heavy atom. The fourth-order valence-electron chi connectivity index (χ4n) is 0.813. The zero-order valence-corrected chi connectivity index (χ0v) is 7.26. The van der Waals surface area contributed by atoms with E-state index in [1.165, 1.54) is 13.2 Å². The van der Waals surface area contributed by atoms with Gasteiger partial charge in [0.2, 0.25) is 0 Å². The van der Waals surface area contributed by atoms with Crippen molar-refractivity contribution in [3.05, 3.63) is 29.8 Å². The summed E-state index contributed by atoms with van der Waals surface area (Å²) in [7, 11) is 1.42. The molecular formula is C8H8ClO3-. The molecule has 0 fully saturated rings. The maximum atomic E-state index is 10.4. The van der Waals surface area contributed by atoms with Crippen molar-refractivity contribution in [2.24, 2.45) is 0 Å². The Bertz CT molecular complexity index is 273. The first-order chi connectivity index (χ1) is 5.25. The first kappa shape index (κ1) is 10.8. The summed E-state index contributed by atoms with van der Waals surface area (Å²) in [5.41, 5.74) is 0.0787. The molecule has 0 aliphatic rings. The van der Waals surface area contributed by atoms with Gasteiger partial charge in [0.1, 0.15) is 5.75 Å². The number of hydrogen-bond acceptors (Lipinski definition) is 3. The van der Waals surface area contributed by atoms with Gasteiger partial charge in [0.05, 0.1) is 13.1 Å². The van der Waals surface area contributed by atoms with Crippen LogP contribution in [0, 0.1) is 0 Å². The van der Waals surface area contributed by atoms with E-state index in [0.29, 0.717) is 5.75 Å². The van der Waals surface area contributed by atoms with Gasteiger partial charge in [-0.1, -0.05) is 12.1 Å². The summed E-state index contributed by atoms with van der Waals surface area (Å²) in [6.45, 7) is 0. The molecule has 0 unspecified atom stereocenters. The van der Waals surface area contributed by atoms with Crippen LogP contribution in [-0.2, 0) is 0 Å². The average Bonchev–Trinajstić information content (AvgIpc) is 2.04. The van der Waals surface area contributed by atoms with Gasteiger partial charge in [-0.25, -0.2) is 0 Å². The van der Waals surface area contributed by atoms with E-state index in [1.54, 1.807) is 18.2 Å². The van der Waals surface area contributed by atoms with Crippen LogP contribution in [0.3, 0.4) is 0 Å². The van der Waals surface area contributed by atoms with Gasteiger partial charge in [-0.15, -0.1) is 12.4 Å². The van der Waals surface area contributed by atoms with Crippen molar-refractivity contribution in [1.82, 2.24) is 0 Å². The van der Waals surface area contributed by atoms with Crippen molar-refractivity contribution in [3.63, 3.8) is 0 Å². The van der Waals surface area contributed by atoms with Crippen molar-refractivity contribution in [2.75, 3.05) is 7.11 Å². The quantitative estimate of drug-likeness (QED) is 0.677. The van der Waals surface area contributed by atoms with Crippen molar-refractivity contribution < 1.29 is 14.6 Å². The van der Waals surface area contributed by atoms with E-state index in [9.17, 15) is 9.90 Å². The van der Waals surface area contributed by atoms with Crippen LogP contribution in [0.5, 0.6) is 5.75 Å². The summed E-state index contributed by atoms with van der Waals surface area (Å²) in [5, 5.41) is 10.4. The number of carboxylic acid groups (broad SMARTS) is 1. The molecule has 0 saturated heterocycles. The summed E-state index contributed by atoms with van der Waals surface area (Å²) in [6.07, 6.45) is 0. The third-order valence-electron chi connectivity index (χ3n) is 1.33. The number of hydrogen-bond donors (Lipinski definition) is 0. The largest absolute Gasteiger partial charge is 0.545 e. The molecule has 0 aliphatic carbocycles. The lowest BCUT2D eigenvalue weighted by atomic mass is 10.2. The van der Waals surface area contributed by atoms with Crippen LogP contribution in [0.1, 0.15) is 10.4 Å². The minimum atomic E-state index is -1.22. The number of rotatable bonds is 2. The number of benzene rings is 1. The molecule has 4 heteroatoms. The van der Waals surface area contributed by atoms with Gasteiger partial charge in [0, 0.05) is 5.56 Å². The molecule has 0 radical (unpaired) electrons. The van der Waals surface area contributed by atoms with Crippen LogP contribution >= 0.6 is 12.4 Å². The fourth-order valence-corrected chi connectivity index (χ4v) is 0.813. The number of ether oxygens (including phenoxy) is 1. The molecule has 3 nitrogen and oxygen atoms in total. The Kier molecular flexibility index (Phi) is 4.15. The lowest BCUT2D eigenvalue weighted by molar-refractivity contribution is -0.255. The van der Waals surface area contributed by atoms with Gasteiger partial charge in [0.15, 0.2) is 0 Å². The maximum Gasteiger partial charge on any atom is 0.127 e.